The van der Waals surface area contributed by atoms with Gasteiger partial charge in [0.25, 0.3) is 5.69 Å². The molecule has 0 spiro atoms. The van der Waals surface area contributed by atoms with E-state index in [0.29, 0.717) is 5.70 Å². The van der Waals surface area contributed by atoms with E-state index in [-0.39, 0.29) is 54.3 Å². The summed E-state index contributed by atoms with van der Waals surface area (Å²) in [4.78, 5) is 48.1. The molecule has 1 heterocycles. The van der Waals surface area contributed by atoms with E-state index in [0.717, 1.165) is 0 Å². The lowest BCUT2D eigenvalue weighted by molar-refractivity contribution is -0.384. The zero-order chi connectivity index (χ0) is 24.5. The largest absolute Gasteiger partial charge is 0.463 e. The lowest BCUT2D eigenvalue weighted by Crippen LogP contribution is -2.35. The second-order valence-electron chi connectivity index (χ2n) is 6.89. The second kappa shape index (κ2) is 11.4. The molecule has 2 rings (SSSR count). The van der Waals surface area contributed by atoms with Gasteiger partial charge in [0, 0.05) is 24.8 Å². The number of esters is 3. The third kappa shape index (κ3) is 6.16. The number of allylic oxidation sites excluding steroid dienone is 1. The quantitative estimate of drug-likeness (QED) is 0.192. The summed E-state index contributed by atoms with van der Waals surface area (Å²) in [5.41, 5.74) is 0.459. The van der Waals surface area contributed by atoms with Gasteiger partial charge in [0.15, 0.2) is 0 Å². The zero-order valence-corrected chi connectivity index (χ0v) is 18.4. The maximum Gasteiger partial charge on any atom is 0.336 e. The minimum absolute atomic E-state index is 0.0167. The fourth-order valence-electron chi connectivity index (χ4n) is 3.32. The van der Waals surface area contributed by atoms with Gasteiger partial charge >= 0.3 is 17.9 Å². The number of nitriles is 1. The molecule has 0 aliphatic carbocycles. The van der Waals surface area contributed by atoms with Gasteiger partial charge in [0.2, 0.25) is 0 Å². The Morgan fingerprint density at radius 3 is 2.48 bits per heavy atom. The van der Waals surface area contributed by atoms with Crippen LogP contribution in [0.4, 0.5) is 5.69 Å². The number of carbonyl (C=O) groups is 3. The fourth-order valence-corrected chi connectivity index (χ4v) is 3.32. The Morgan fingerprint density at radius 2 is 1.88 bits per heavy atom. The van der Waals surface area contributed by atoms with Gasteiger partial charge in [-0.05, 0) is 19.4 Å². The highest BCUT2D eigenvalue weighted by Gasteiger charge is 2.39. The number of nitrogens with zero attached hydrogens (tertiary/aromatic N) is 2. The molecule has 0 amide bonds. The number of dihydropyridines is 1. The van der Waals surface area contributed by atoms with Gasteiger partial charge < -0.3 is 19.5 Å². The van der Waals surface area contributed by atoms with Crippen LogP contribution >= 0.6 is 0 Å². The summed E-state index contributed by atoms with van der Waals surface area (Å²) in [5.74, 6) is -3.30. The molecule has 11 nitrogen and oxygen atoms in total. The zero-order valence-electron chi connectivity index (χ0n) is 18.4. The Kier molecular flexibility index (Phi) is 8.68. The molecule has 0 fully saturated rings. The van der Waals surface area contributed by atoms with Gasteiger partial charge in [-0.1, -0.05) is 12.1 Å². The Balaban J connectivity index is 2.70. The number of non-ortho nitro benzene ring substituents is 1. The van der Waals surface area contributed by atoms with Crippen molar-refractivity contribution >= 4 is 23.6 Å². The van der Waals surface area contributed by atoms with E-state index in [1.54, 1.807) is 13.8 Å². The van der Waals surface area contributed by atoms with E-state index in [9.17, 15) is 24.5 Å². The van der Waals surface area contributed by atoms with E-state index in [4.69, 9.17) is 19.5 Å². The van der Waals surface area contributed by atoms with Gasteiger partial charge in [-0.15, -0.1) is 0 Å². The number of nitro benzene ring substituents is 1. The summed E-state index contributed by atoms with van der Waals surface area (Å²) >= 11 is 0. The van der Waals surface area contributed by atoms with Crippen molar-refractivity contribution < 1.29 is 33.5 Å². The molecule has 33 heavy (non-hydrogen) atoms. The second-order valence-corrected chi connectivity index (χ2v) is 6.89. The molecule has 0 radical (unpaired) electrons. The van der Waals surface area contributed by atoms with E-state index >= 15 is 0 Å². The van der Waals surface area contributed by atoms with Crippen molar-refractivity contribution in [1.82, 2.24) is 5.32 Å². The minimum Gasteiger partial charge on any atom is -0.463 e. The molecule has 11 heteroatoms. The highest BCUT2D eigenvalue weighted by atomic mass is 16.6. The molecule has 174 valence electrons. The van der Waals surface area contributed by atoms with Gasteiger partial charge in [0.05, 0.1) is 46.8 Å². The third-order valence-electron chi connectivity index (χ3n) is 4.64. The van der Waals surface area contributed by atoms with E-state index in [1.807, 2.05) is 6.07 Å². The Bertz CT molecular complexity index is 1070. The summed E-state index contributed by atoms with van der Waals surface area (Å²) in [6.07, 6.45) is -0.0365. The lowest BCUT2D eigenvalue weighted by Gasteiger charge is -2.31. The normalized spacial score (nSPS) is 15.3. The van der Waals surface area contributed by atoms with E-state index in [2.05, 4.69) is 5.32 Å². The molecule has 1 unspecified atom stereocenters. The standard InChI is InChI=1S/C22H23N3O8/c1-4-31-22(28)20-17(12-33-14(3)26)24-13(2)18(21(27)32-10-6-9-23)19(20)15-7-5-8-16(11-15)25(29)30/h5,7-8,11,19,24H,4,6,10,12H2,1-3H3. The first-order valence-electron chi connectivity index (χ1n) is 10.0. The first-order valence-corrected chi connectivity index (χ1v) is 10.0. The molecule has 1 N–H and O–H groups in total. The first-order chi connectivity index (χ1) is 15.7. The number of carbonyl (C=O) groups excluding carboxylic acids is 3. The highest BCUT2D eigenvalue weighted by molar-refractivity contribution is 6.00. The predicted octanol–water partition coefficient (Wildman–Crippen LogP) is 2.39. The van der Waals surface area contributed by atoms with Crippen molar-refractivity contribution in [3.05, 3.63) is 62.5 Å². The van der Waals surface area contributed by atoms with Crippen LogP contribution in [0, 0.1) is 21.4 Å². The van der Waals surface area contributed by atoms with Gasteiger partial charge in [-0.2, -0.15) is 5.26 Å². The third-order valence-corrected chi connectivity index (χ3v) is 4.64. The predicted molar refractivity (Wildman–Crippen MR) is 113 cm³/mol. The molecule has 1 atom stereocenters. The van der Waals surface area contributed by atoms with Crippen LogP contribution in [0.1, 0.15) is 38.7 Å². The average molecular weight is 457 g/mol. The lowest BCUT2D eigenvalue weighted by atomic mass is 9.80. The number of benzene rings is 1. The van der Waals surface area contributed by atoms with Crippen LogP contribution in [0.3, 0.4) is 0 Å². The fraction of sp³-hybridized carbons (Fsp3) is 0.364. The topological polar surface area (TPSA) is 158 Å². The van der Waals surface area contributed by atoms with Crippen LogP contribution in [-0.4, -0.2) is 42.7 Å². The number of hydrogen-bond acceptors (Lipinski definition) is 10. The van der Waals surface area contributed by atoms with E-state index in [1.165, 1.54) is 31.2 Å². The van der Waals surface area contributed by atoms with Gasteiger partial charge in [-0.25, -0.2) is 9.59 Å². The van der Waals surface area contributed by atoms with Gasteiger partial charge in [-0.3, -0.25) is 14.9 Å². The molecule has 0 bridgehead atoms. The van der Waals surface area contributed by atoms with Crippen LogP contribution in [0.15, 0.2) is 46.8 Å². The number of nitrogens with one attached hydrogen (secondary N) is 1. The van der Waals surface area contributed by atoms with Crippen molar-refractivity contribution in [3.63, 3.8) is 0 Å². The molecular weight excluding hydrogens is 434 g/mol. The molecule has 1 aromatic carbocycles. The van der Waals surface area contributed by atoms with Crippen LogP contribution in [0.25, 0.3) is 0 Å². The molecular formula is C22H23N3O8. The van der Waals surface area contributed by atoms with Crippen LogP contribution in [0.2, 0.25) is 0 Å². The summed E-state index contributed by atoms with van der Waals surface area (Å²) < 4.78 is 15.4. The molecule has 1 aliphatic rings. The molecule has 1 aromatic rings. The minimum atomic E-state index is -1.11. The number of nitro groups is 1. The SMILES string of the molecule is CCOC(=O)C1=C(COC(C)=O)NC(C)=C(C(=O)OCCC#N)C1c1cccc([N+](=O)[O-])c1. The summed E-state index contributed by atoms with van der Waals surface area (Å²) in [6, 6.07) is 7.34. The van der Waals surface area contributed by atoms with Crippen LogP contribution in [0.5, 0.6) is 0 Å². The smallest absolute Gasteiger partial charge is 0.336 e. The van der Waals surface area contributed by atoms with Crippen molar-refractivity contribution in [2.45, 2.75) is 33.1 Å². The van der Waals surface area contributed by atoms with E-state index < -0.39 is 28.7 Å². The van der Waals surface area contributed by atoms with Crippen LogP contribution < -0.4 is 5.32 Å². The summed E-state index contributed by atoms with van der Waals surface area (Å²) in [5, 5.41) is 23.0. The average Bonchev–Trinajstić information content (AvgIpc) is 2.77. The Morgan fingerprint density at radius 1 is 1.18 bits per heavy atom. The maximum absolute atomic E-state index is 13.0. The molecule has 0 aromatic heterocycles. The summed E-state index contributed by atoms with van der Waals surface area (Å²) in [6.45, 7) is 3.89. The molecule has 0 saturated heterocycles. The highest BCUT2D eigenvalue weighted by Crippen LogP contribution is 2.40. The maximum atomic E-state index is 13.0. The number of hydrogen-bond donors (Lipinski definition) is 1. The number of rotatable bonds is 9. The van der Waals surface area contributed by atoms with Crippen molar-refractivity contribution in [1.29, 1.82) is 5.26 Å². The number of ether oxygens (including phenoxy) is 3. The monoisotopic (exact) mass is 457 g/mol. The Hall–Kier alpha value is -4.20. The Labute approximate surface area is 189 Å². The van der Waals surface area contributed by atoms with Crippen LogP contribution in [-0.2, 0) is 28.6 Å². The van der Waals surface area contributed by atoms with Crippen molar-refractivity contribution in [3.8, 4) is 6.07 Å². The van der Waals surface area contributed by atoms with Gasteiger partial charge in [0.1, 0.15) is 13.2 Å². The van der Waals surface area contributed by atoms with Crippen molar-refractivity contribution in [2.75, 3.05) is 19.8 Å². The molecule has 1 aliphatic heterocycles. The van der Waals surface area contributed by atoms with Crippen molar-refractivity contribution in [2.24, 2.45) is 0 Å². The summed E-state index contributed by atoms with van der Waals surface area (Å²) in [7, 11) is 0. The first kappa shape index (κ1) is 25.1. The molecule has 0 saturated carbocycles.